The number of ether oxygens (including phenoxy) is 1. The molecule has 5 heteroatoms. The predicted molar refractivity (Wildman–Crippen MR) is 109 cm³/mol. The second-order valence-corrected chi connectivity index (χ2v) is 7.77. The third-order valence-electron chi connectivity index (χ3n) is 4.65. The molecule has 27 heavy (non-hydrogen) atoms. The molecular weight excluding hydrogens is 358 g/mol. The van der Waals surface area contributed by atoms with Crippen molar-refractivity contribution in [2.75, 3.05) is 19.7 Å². The summed E-state index contributed by atoms with van der Waals surface area (Å²) in [6, 6.07) is 11.7. The minimum Gasteiger partial charge on any atom is -0.452 e. The van der Waals surface area contributed by atoms with E-state index in [2.05, 4.69) is 0 Å². The van der Waals surface area contributed by atoms with Crippen LogP contribution in [0.3, 0.4) is 0 Å². The Balaban J connectivity index is 1.71. The number of amides is 1. The number of aryl methyl sites for hydroxylation is 1. The van der Waals surface area contributed by atoms with Crippen molar-refractivity contribution in [1.29, 1.82) is 0 Å². The number of nitrogens with zero attached hydrogens (tertiary/aromatic N) is 1. The van der Waals surface area contributed by atoms with Crippen LogP contribution in [0.1, 0.15) is 41.7 Å². The summed E-state index contributed by atoms with van der Waals surface area (Å²) < 4.78 is 5.39. The van der Waals surface area contributed by atoms with Gasteiger partial charge in [-0.3, -0.25) is 4.79 Å². The van der Waals surface area contributed by atoms with Crippen molar-refractivity contribution < 1.29 is 14.3 Å². The summed E-state index contributed by atoms with van der Waals surface area (Å²) in [6.45, 7) is 3.33. The summed E-state index contributed by atoms with van der Waals surface area (Å²) >= 11 is 1.48. The molecule has 1 amide bonds. The standard InChI is InChI=1S/C22H25NO3S/c1-17-8-6-9-18(14-17)15-19(20-10-7-13-27-20)22(25)26-16-21(24)23-11-4-2-3-5-12-23/h6-10,13-15H,2-5,11-12,16H2,1H3/b19-15+. The van der Waals surface area contributed by atoms with Crippen LogP contribution in [0.5, 0.6) is 0 Å². The summed E-state index contributed by atoms with van der Waals surface area (Å²) in [7, 11) is 0. The fraction of sp³-hybridized carbons (Fsp3) is 0.364. The lowest BCUT2D eigenvalue weighted by Gasteiger charge is -2.20. The van der Waals surface area contributed by atoms with Crippen molar-refractivity contribution in [3.05, 3.63) is 57.8 Å². The van der Waals surface area contributed by atoms with Crippen LogP contribution in [0.25, 0.3) is 11.6 Å². The third kappa shape index (κ3) is 5.54. The average Bonchev–Trinajstić information content (AvgIpc) is 3.05. The first-order valence-electron chi connectivity index (χ1n) is 9.40. The van der Waals surface area contributed by atoms with Crippen LogP contribution in [0.4, 0.5) is 0 Å². The largest absolute Gasteiger partial charge is 0.452 e. The Kier molecular flexibility index (Phi) is 6.82. The van der Waals surface area contributed by atoms with Gasteiger partial charge in [-0.15, -0.1) is 11.3 Å². The van der Waals surface area contributed by atoms with Gasteiger partial charge in [0.05, 0.1) is 5.57 Å². The molecule has 0 unspecified atom stereocenters. The minimum atomic E-state index is -0.456. The van der Waals surface area contributed by atoms with Crippen molar-refractivity contribution in [3.8, 4) is 0 Å². The second kappa shape index (κ2) is 9.51. The van der Waals surface area contributed by atoms with Crippen molar-refractivity contribution in [1.82, 2.24) is 4.90 Å². The quantitative estimate of drug-likeness (QED) is 0.562. The zero-order valence-electron chi connectivity index (χ0n) is 15.6. The summed E-state index contributed by atoms with van der Waals surface area (Å²) in [6.07, 6.45) is 6.19. The topological polar surface area (TPSA) is 46.6 Å². The first-order valence-corrected chi connectivity index (χ1v) is 10.3. The summed E-state index contributed by atoms with van der Waals surface area (Å²) in [4.78, 5) is 27.8. The average molecular weight is 384 g/mol. The van der Waals surface area contributed by atoms with Gasteiger partial charge in [0, 0.05) is 18.0 Å². The van der Waals surface area contributed by atoms with Gasteiger partial charge in [-0.2, -0.15) is 0 Å². The zero-order valence-corrected chi connectivity index (χ0v) is 16.5. The van der Waals surface area contributed by atoms with Crippen molar-refractivity contribution in [2.45, 2.75) is 32.6 Å². The summed E-state index contributed by atoms with van der Waals surface area (Å²) in [5, 5.41) is 1.93. The SMILES string of the molecule is Cc1cccc(/C=C(/C(=O)OCC(=O)N2CCCCCC2)c2cccs2)c1. The lowest BCUT2D eigenvalue weighted by atomic mass is 10.1. The number of carbonyl (C=O) groups is 2. The van der Waals surface area contributed by atoms with Crippen LogP contribution < -0.4 is 0 Å². The highest BCUT2D eigenvalue weighted by Crippen LogP contribution is 2.24. The van der Waals surface area contributed by atoms with Crippen LogP contribution in [-0.2, 0) is 14.3 Å². The first kappa shape index (κ1) is 19.4. The van der Waals surface area contributed by atoms with Gasteiger partial charge in [-0.05, 0) is 42.9 Å². The predicted octanol–water partition coefficient (Wildman–Crippen LogP) is 4.54. The smallest absolute Gasteiger partial charge is 0.340 e. The Morgan fingerprint density at radius 3 is 2.56 bits per heavy atom. The van der Waals surface area contributed by atoms with E-state index >= 15 is 0 Å². The molecule has 1 aliphatic heterocycles. The minimum absolute atomic E-state index is 0.105. The molecular formula is C22H25NO3S. The monoisotopic (exact) mass is 383 g/mol. The van der Waals surface area contributed by atoms with Gasteiger partial charge in [-0.25, -0.2) is 4.79 Å². The molecule has 0 N–H and O–H groups in total. The van der Waals surface area contributed by atoms with Gasteiger partial charge in [-0.1, -0.05) is 48.7 Å². The summed E-state index contributed by atoms with van der Waals surface area (Å²) in [5.41, 5.74) is 2.55. The van der Waals surface area contributed by atoms with E-state index in [0.29, 0.717) is 5.57 Å². The van der Waals surface area contributed by atoms with E-state index in [1.165, 1.54) is 11.3 Å². The first-order chi connectivity index (χ1) is 13.1. The molecule has 1 aromatic heterocycles. The molecule has 0 bridgehead atoms. The van der Waals surface area contributed by atoms with E-state index in [9.17, 15) is 9.59 Å². The number of hydrogen-bond donors (Lipinski definition) is 0. The van der Waals surface area contributed by atoms with Crippen LogP contribution in [0, 0.1) is 6.92 Å². The van der Waals surface area contributed by atoms with Crippen molar-refractivity contribution in [2.24, 2.45) is 0 Å². The molecule has 0 spiro atoms. The van der Waals surface area contributed by atoms with Crippen molar-refractivity contribution in [3.63, 3.8) is 0 Å². The number of carbonyl (C=O) groups excluding carboxylic acids is 2. The van der Waals surface area contributed by atoms with Gasteiger partial charge in [0.15, 0.2) is 6.61 Å². The highest BCUT2D eigenvalue weighted by atomic mass is 32.1. The van der Waals surface area contributed by atoms with E-state index in [1.54, 1.807) is 0 Å². The number of benzene rings is 1. The zero-order chi connectivity index (χ0) is 19.1. The van der Waals surface area contributed by atoms with Crippen LogP contribution in [0.2, 0.25) is 0 Å². The second-order valence-electron chi connectivity index (χ2n) is 6.82. The molecule has 0 aliphatic carbocycles. The van der Waals surface area contributed by atoms with E-state index < -0.39 is 5.97 Å². The van der Waals surface area contributed by atoms with Gasteiger partial charge >= 0.3 is 5.97 Å². The molecule has 0 radical (unpaired) electrons. The summed E-state index contributed by atoms with van der Waals surface area (Å²) in [5.74, 6) is -0.562. The van der Waals surface area contributed by atoms with E-state index in [0.717, 1.165) is 54.8 Å². The lowest BCUT2D eigenvalue weighted by molar-refractivity contribution is -0.147. The normalized spacial score (nSPS) is 15.3. The Hall–Kier alpha value is -2.40. The van der Waals surface area contributed by atoms with Crippen LogP contribution in [0.15, 0.2) is 41.8 Å². The molecule has 1 saturated heterocycles. The third-order valence-corrected chi connectivity index (χ3v) is 5.55. The van der Waals surface area contributed by atoms with Crippen LogP contribution in [-0.4, -0.2) is 36.5 Å². The highest BCUT2D eigenvalue weighted by Gasteiger charge is 2.20. The Morgan fingerprint density at radius 1 is 1.11 bits per heavy atom. The van der Waals surface area contributed by atoms with Gasteiger partial charge in [0.25, 0.3) is 5.91 Å². The van der Waals surface area contributed by atoms with E-state index in [1.807, 2.05) is 59.7 Å². The molecule has 1 aromatic carbocycles. The molecule has 2 heterocycles. The van der Waals surface area contributed by atoms with Gasteiger partial charge in [0.2, 0.25) is 0 Å². The lowest BCUT2D eigenvalue weighted by Crippen LogP contribution is -2.35. The fourth-order valence-corrected chi connectivity index (χ4v) is 3.94. The van der Waals surface area contributed by atoms with E-state index in [-0.39, 0.29) is 12.5 Å². The number of thiophene rings is 1. The molecule has 3 rings (SSSR count). The van der Waals surface area contributed by atoms with Crippen molar-refractivity contribution >= 4 is 34.9 Å². The maximum Gasteiger partial charge on any atom is 0.340 e. The molecule has 0 atom stereocenters. The Bertz CT molecular complexity index is 803. The maximum absolute atomic E-state index is 12.7. The van der Waals surface area contributed by atoms with E-state index in [4.69, 9.17) is 4.74 Å². The highest BCUT2D eigenvalue weighted by molar-refractivity contribution is 7.11. The number of esters is 1. The Morgan fingerprint density at radius 2 is 1.89 bits per heavy atom. The van der Waals surface area contributed by atoms with Gasteiger partial charge in [0.1, 0.15) is 0 Å². The number of likely N-dealkylation sites (tertiary alicyclic amines) is 1. The molecule has 1 fully saturated rings. The fourth-order valence-electron chi connectivity index (χ4n) is 3.21. The number of rotatable bonds is 5. The van der Waals surface area contributed by atoms with Gasteiger partial charge < -0.3 is 9.64 Å². The molecule has 1 aliphatic rings. The Labute approximate surface area is 164 Å². The van der Waals surface area contributed by atoms with Crippen LogP contribution >= 0.6 is 11.3 Å². The molecule has 4 nitrogen and oxygen atoms in total. The molecule has 142 valence electrons. The maximum atomic E-state index is 12.7. The molecule has 2 aromatic rings. The number of hydrogen-bond acceptors (Lipinski definition) is 4. The molecule has 0 saturated carbocycles.